The zero-order valence-electron chi connectivity index (χ0n) is 21.8. The first-order valence-corrected chi connectivity index (χ1v) is 13.6. The van der Waals surface area contributed by atoms with Gasteiger partial charge in [0.25, 0.3) is 5.56 Å². The maximum absolute atomic E-state index is 13.5. The third kappa shape index (κ3) is 5.24. The van der Waals surface area contributed by atoms with Gasteiger partial charge in [-0.1, -0.05) is 6.92 Å². The highest BCUT2D eigenvalue weighted by molar-refractivity contribution is 7.89. The van der Waals surface area contributed by atoms with E-state index in [1.54, 1.807) is 22.8 Å². The van der Waals surface area contributed by atoms with Gasteiger partial charge in [0, 0.05) is 32.6 Å². The molecule has 1 saturated heterocycles. The molecule has 0 saturated carbocycles. The van der Waals surface area contributed by atoms with E-state index in [1.807, 2.05) is 21.0 Å². The van der Waals surface area contributed by atoms with Gasteiger partial charge in [0.05, 0.1) is 29.8 Å². The number of amides is 1. The zero-order valence-corrected chi connectivity index (χ0v) is 22.6. The summed E-state index contributed by atoms with van der Waals surface area (Å²) < 4.78 is 35.4. The SMILES string of the molecule is CCCc1nc(C)c2c(=O)[nH]c(-c3cc(S(=O)(=O)N4CCN(C(=O)CN(C)C)CC4)ccc3OC)nn12. The minimum absolute atomic E-state index is 0.0311. The number of aryl methyl sites for hydroxylation is 2. The smallest absolute Gasteiger partial charge is 0.277 e. The predicted octanol–water partition coefficient (Wildman–Crippen LogP) is 0.749. The Morgan fingerprint density at radius 3 is 2.51 bits per heavy atom. The first-order chi connectivity index (χ1) is 17.6. The number of H-pyrrole nitrogens is 1. The number of aromatic amines is 1. The van der Waals surface area contributed by atoms with Crippen LogP contribution in [0.5, 0.6) is 5.75 Å². The summed E-state index contributed by atoms with van der Waals surface area (Å²) in [6.07, 6.45) is 1.47. The first-order valence-electron chi connectivity index (χ1n) is 12.2. The monoisotopic (exact) mass is 531 g/mol. The molecule has 13 heteroatoms. The van der Waals surface area contributed by atoms with Gasteiger partial charge in [-0.25, -0.2) is 17.9 Å². The number of carbonyl (C=O) groups excluding carboxylic acids is 1. The van der Waals surface area contributed by atoms with Crippen LogP contribution in [0.3, 0.4) is 0 Å². The Morgan fingerprint density at radius 1 is 1.19 bits per heavy atom. The molecule has 3 heterocycles. The average molecular weight is 532 g/mol. The van der Waals surface area contributed by atoms with E-state index in [4.69, 9.17) is 4.74 Å². The van der Waals surface area contributed by atoms with Crippen LogP contribution in [0.15, 0.2) is 27.9 Å². The maximum Gasteiger partial charge on any atom is 0.277 e. The predicted molar refractivity (Wildman–Crippen MR) is 138 cm³/mol. The highest BCUT2D eigenvalue weighted by Gasteiger charge is 2.31. The molecule has 1 aliphatic heterocycles. The average Bonchev–Trinajstić information content (AvgIpc) is 3.18. The number of nitrogens with zero attached hydrogens (tertiary/aromatic N) is 6. The fourth-order valence-electron chi connectivity index (χ4n) is 4.47. The number of ether oxygens (including phenoxy) is 1. The zero-order chi connectivity index (χ0) is 26.9. The molecule has 0 unspecified atom stereocenters. The number of fused-ring (bicyclic) bond motifs is 1. The Hall–Kier alpha value is -3.29. The van der Waals surface area contributed by atoms with Gasteiger partial charge >= 0.3 is 0 Å². The summed E-state index contributed by atoms with van der Waals surface area (Å²) in [6, 6.07) is 4.49. The van der Waals surface area contributed by atoms with E-state index < -0.39 is 10.0 Å². The van der Waals surface area contributed by atoms with E-state index in [9.17, 15) is 18.0 Å². The Balaban J connectivity index is 1.68. The van der Waals surface area contributed by atoms with Crippen molar-refractivity contribution in [3.8, 4) is 17.1 Å². The van der Waals surface area contributed by atoms with E-state index in [-0.39, 0.29) is 41.8 Å². The van der Waals surface area contributed by atoms with Crippen molar-refractivity contribution in [2.24, 2.45) is 0 Å². The molecule has 1 N–H and O–H groups in total. The lowest BCUT2D eigenvalue weighted by atomic mass is 10.2. The molecular formula is C24H33N7O5S. The van der Waals surface area contributed by atoms with Crippen LogP contribution in [-0.2, 0) is 21.2 Å². The van der Waals surface area contributed by atoms with Crippen LogP contribution in [0.1, 0.15) is 24.9 Å². The fourth-order valence-corrected chi connectivity index (χ4v) is 5.92. The Morgan fingerprint density at radius 2 is 1.89 bits per heavy atom. The molecule has 3 aromatic rings. The third-order valence-electron chi connectivity index (χ3n) is 6.32. The Bertz CT molecular complexity index is 1470. The maximum atomic E-state index is 13.5. The quantitative estimate of drug-likeness (QED) is 0.450. The molecule has 1 amide bonds. The molecule has 4 rings (SSSR count). The molecule has 0 bridgehead atoms. The van der Waals surface area contributed by atoms with Crippen molar-refractivity contribution >= 4 is 21.4 Å². The number of nitrogens with one attached hydrogen (secondary N) is 1. The number of benzene rings is 1. The molecule has 2 aromatic heterocycles. The molecule has 1 fully saturated rings. The van der Waals surface area contributed by atoms with Gasteiger partial charge in [0.1, 0.15) is 11.6 Å². The van der Waals surface area contributed by atoms with Crippen molar-refractivity contribution in [1.82, 2.24) is 33.7 Å². The molecule has 1 aromatic carbocycles. The number of aromatic nitrogens is 4. The van der Waals surface area contributed by atoms with Crippen LogP contribution in [-0.4, -0.2) is 102 Å². The number of hydrogen-bond acceptors (Lipinski definition) is 8. The summed E-state index contributed by atoms with van der Waals surface area (Å²) in [6.45, 7) is 5.07. The second kappa shape index (κ2) is 10.6. The molecule has 0 aliphatic carbocycles. The van der Waals surface area contributed by atoms with Crippen LogP contribution < -0.4 is 10.3 Å². The topological polar surface area (TPSA) is 133 Å². The third-order valence-corrected chi connectivity index (χ3v) is 8.22. The van der Waals surface area contributed by atoms with E-state index in [0.29, 0.717) is 47.9 Å². The van der Waals surface area contributed by atoms with Crippen molar-refractivity contribution < 1.29 is 17.9 Å². The summed E-state index contributed by atoms with van der Waals surface area (Å²) in [5.41, 5.74) is 0.911. The molecular weight excluding hydrogens is 498 g/mol. The van der Waals surface area contributed by atoms with Crippen molar-refractivity contribution in [3.05, 3.63) is 40.1 Å². The Labute approximate surface area is 215 Å². The molecule has 37 heavy (non-hydrogen) atoms. The summed E-state index contributed by atoms with van der Waals surface area (Å²) in [5, 5.41) is 4.60. The lowest BCUT2D eigenvalue weighted by Gasteiger charge is -2.34. The minimum atomic E-state index is -3.86. The lowest BCUT2D eigenvalue weighted by molar-refractivity contribution is -0.133. The van der Waals surface area contributed by atoms with E-state index in [0.717, 1.165) is 6.42 Å². The second-order valence-corrected chi connectivity index (χ2v) is 11.2. The first kappa shape index (κ1) is 26.8. The van der Waals surface area contributed by atoms with Crippen molar-refractivity contribution in [3.63, 3.8) is 0 Å². The fraction of sp³-hybridized carbons (Fsp3) is 0.500. The van der Waals surface area contributed by atoms with Gasteiger partial charge < -0.3 is 19.5 Å². The number of rotatable bonds is 8. The summed E-state index contributed by atoms with van der Waals surface area (Å²) in [5.74, 6) is 1.18. The van der Waals surface area contributed by atoms with Gasteiger partial charge in [-0.05, 0) is 45.6 Å². The highest BCUT2D eigenvalue weighted by Crippen LogP contribution is 2.31. The van der Waals surface area contributed by atoms with E-state index >= 15 is 0 Å². The lowest BCUT2D eigenvalue weighted by Crippen LogP contribution is -2.52. The standard InChI is InChI=1S/C24H33N7O5S/c1-6-7-20-25-16(2)22-24(33)26-23(27-31(20)22)18-14-17(8-9-19(18)36-5)37(34,35)30-12-10-29(11-13-30)21(32)15-28(3)4/h8-9,14H,6-7,10-13,15H2,1-5H3,(H,26,27,33). The van der Waals surface area contributed by atoms with Crippen LogP contribution in [0.2, 0.25) is 0 Å². The van der Waals surface area contributed by atoms with Crippen molar-refractivity contribution in [1.29, 1.82) is 0 Å². The van der Waals surface area contributed by atoms with Gasteiger partial charge in [0.2, 0.25) is 15.9 Å². The van der Waals surface area contributed by atoms with Gasteiger partial charge in [0.15, 0.2) is 11.3 Å². The van der Waals surface area contributed by atoms with Crippen molar-refractivity contribution in [2.45, 2.75) is 31.6 Å². The summed E-state index contributed by atoms with van der Waals surface area (Å²) >= 11 is 0. The normalized spacial score (nSPS) is 15.0. The number of piperazine rings is 1. The molecule has 1 aliphatic rings. The summed E-state index contributed by atoms with van der Waals surface area (Å²) in [4.78, 5) is 36.1. The number of sulfonamides is 1. The molecule has 0 radical (unpaired) electrons. The summed E-state index contributed by atoms with van der Waals surface area (Å²) in [7, 11) is 1.24. The largest absolute Gasteiger partial charge is 0.496 e. The number of likely N-dealkylation sites (N-methyl/N-ethyl adjacent to an activating group) is 1. The van der Waals surface area contributed by atoms with Crippen molar-refractivity contribution in [2.75, 3.05) is 53.9 Å². The van der Waals surface area contributed by atoms with Gasteiger partial charge in [-0.2, -0.15) is 4.31 Å². The van der Waals surface area contributed by atoms with E-state index in [1.165, 1.54) is 28.1 Å². The van der Waals surface area contributed by atoms with E-state index in [2.05, 4.69) is 15.1 Å². The van der Waals surface area contributed by atoms with Gasteiger partial charge in [-0.3, -0.25) is 9.59 Å². The van der Waals surface area contributed by atoms with Crippen LogP contribution in [0, 0.1) is 6.92 Å². The number of methoxy groups -OCH3 is 1. The number of hydrogen-bond donors (Lipinski definition) is 1. The molecule has 0 atom stereocenters. The molecule has 12 nitrogen and oxygen atoms in total. The van der Waals surface area contributed by atoms with Crippen LogP contribution in [0.25, 0.3) is 16.9 Å². The molecule has 200 valence electrons. The van der Waals surface area contributed by atoms with Crippen LogP contribution in [0.4, 0.5) is 0 Å². The Kier molecular flexibility index (Phi) is 7.67. The highest BCUT2D eigenvalue weighted by atomic mass is 32.2. The van der Waals surface area contributed by atoms with Gasteiger partial charge in [-0.15, -0.1) is 5.10 Å². The van der Waals surface area contributed by atoms with Crippen LogP contribution >= 0.6 is 0 Å². The second-order valence-electron chi connectivity index (χ2n) is 9.31. The number of carbonyl (C=O) groups is 1. The number of imidazole rings is 1. The minimum Gasteiger partial charge on any atom is -0.496 e. The molecule has 0 spiro atoms.